The van der Waals surface area contributed by atoms with Gasteiger partial charge in [0.1, 0.15) is 0 Å². The maximum Gasteiger partial charge on any atom is 0.191 e. The van der Waals surface area contributed by atoms with Gasteiger partial charge >= 0.3 is 0 Å². The van der Waals surface area contributed by atoms with Gasteiger partial charge in [0.25, 0.3) is 0 Å². The van der Waals surface area contributed by atoms with E-state index in [1.807, 2.05) is 16.9 Å². The third-order valence-electron chi connectivity index (χ3n) is 3.32. The first-order chi connectivity index (χ1) is 9.81. The Bertz CT molecular complexity index is 571. The predicted molar refractivity (Wildman–Crippen MR) is 80.2 cm³/mol. The van der Waals surface area contributed by atoms with E-state index in [0.29, 0.717) is 6.04 Å². The van der Waals surface area contributed by atoms with Crippen molar-refractivity contribution in [1.29, 1.82) is 0 Å². The summed E-state index contributed by atoms with van der Waals surface area (Å²) >= 11 is 0. The van der Waals surface area contributed by atoms with Gasteiger partial charge in [-0.05, 0) is 37.1 Å². The van der Waals surface area contributed by atoms with Crippen LogP contribution in [0.15, 0.2) is 47.7 Å². The highest BCUT2D eigenvalue weighted by atomic mass is 15.3. The molecule has 2 aromatic rings. The molecule has 0 aliphatic carbocycles. The Balaban J connectivity index is 1.51. The van der Waals surface area contributed by atoms with Gasteiger partial charge in [0.2, 0.25) is 0 Å². The maximum absolute atomic E-state index is 4.38. The molecule has 3 rings (SSSR count). The number of nitrogens with one attached hydrogen (secondary N) is 2. The Hall–Kier alpha value is -2.30. The van der Waals surface area contributed by atoms with Crippen LogP contribution in [0.25, 0.3) is 5.69 Å². The first kappa shape index (κ1) is 12.7. The van der Waals surface area contributed by atoms with Crippen molar-refractivity contribution in [3.8, 4) is 5.69 Å². The second kappa shape index (κ2) is 5.77. The van der Waals surface area contributed by atoms with E-state index in [1.54, 1.807) is 6.20 Å². The van der Waals surface area contributed by atoms with Crippen molar-refractivity contribution in [1.82, 2.24) is 20.4 Å². The summed E-state index contributed by atoms with van der Waals surface area (Å²) in [6.07, 6.45) is 4.71. The summed E-state index contributed by atoms with van der Waals surface area (Å²) in [5.41, 5.74) is 2.39. The van der Waals surface area contributed by atoms with Gasteiger partial charge in [0.05, 0.1) is 12.2 Å². The van der Waals surface area contributed by atoms with Crippen LogP contribution in [0.5, 0.6) is 0 Å². The lowest BCUT2D eigenvalue weighted by atomic mass is 10.1. The van der Waals surface area contributed by atoms with Gasteiger partial charge < -0.3 is 10.6 Å². The van der Waals surface area contributed by atoms with Crippen molar-refractivity contribution in [2.24, 2.45) is 4.99 Å². The average molecular weight is 269 g/mol. The minimum Gasteiger partial charge on any atom is -0.356 e. The van der Waals surface area contributed by atoms with Crippen molar-refractivity contribution < 1.29 is 0 Å². The molecule has 0 bridgehead atoms. The lowest BCUT2D eigenvalue weighted by Gasteiger charge is -2.09. The van der Waals surface area contributed by atoms with E-state index in [4.69, 9.17) is 0 Å². The molecule has 2 heterocycles. The van der Waals surface area contributed by atoms with Crippen molar-refractivity contribution in [3.63, 3.8) is 0 Å². The summed E-state index contributed by atoms with van der Waals surface area (Å²) in [5.74, 6) is 0.922. The molecule has 0 amide bonds. The second-order valence-corrected chi connectivity index (χ2v) is 5.03. The minimum atomic E-state index is 0.450. The normalized spacial score (nSPS) is 17.6. The molecule has 1 atom stereocenters. The number of aromatic nitrogens is 2. The summed E-state index contributed by atoms with van der Waals surface area (Å²) in [7, 11) is 0. The summed E-state index contributed by atoms with van der Waals surface area (Å²) < 4.78 is 1.86. The van der Waals surface area contributed by atoms with Crippen LogP contribution in [0.4, 0.5) is 0 Å². The largest absolute Gasteiger partial charge is 0.356 e. The zero-order valence-electron chi connectivity index (χ0n) is 11.6. The molecule has 5 heteroatoms. The van der Waals surface area contributed by atoms with Crippen LogP contribution in [-0.2, 0) is 6.42 Å². The molecule has 0 radical (unpaired) electrons. The third-order valence-corrected chi connectivity index (χ3v) is 3.32. The van der Waals surface area contributed by atoms with Gasteiger partial charge in [-0.25, -0.2) is 4.68 Å². The Labute approximate surface area is 118 Å². The lowest BCUT2D eigenvalue weighted by Crippen LogP contribution is -2.38. The Morgan fingerprint density at radius 1 is 1.35 bits per heavy atom. The number of hydrogen-bond acceptors (Lipinski definition) is 4. The van der Waals surface area contributed by atoms with E-state index in [2.05, 4.69) is 51.9 Å². The second-order valence-electron chi connectivity index (χ2n) is 5.03. The predicted octanol–water partition coefficient (Wildman–Crippen LogP) is 1.35. The number of hydrogen-bond donors (Lipinski definition) is 2. The van der Waals surface area contributed by atoms with Crippen LogP contribution in [0.2, 0.25) is 0 Å². The Morgan fingerprint density at radius 3 is 2.85 bits per heavy atom. The molecule has 0 saturated carbocycles. The van der Waals surface area contributed by atoms with Gasteiger partial charge in [0, 0.05) is 25.0 Å². The molecule has 1 aliphatic heterocycles. The lowest BCUT2D eigenvalue weighted by molar-refractivity contribution is 0.712. The van der Waals surface area contributed by atoms with Crippen LogP contribution in [0.3, 0.4) is 0 Å². The molecule has 1 unspecified atom stereocenters. The SMILES string of the molecule is CC1CN=C(NCCc2ccc(-n3cccn3)cc2)N1. The molecule has 1 aromatic carbocycles. The van der Waals surface area contributed by atoms with E-state index < -0.39 is 0 Å². The monoisotopic (exact) mass is 269 g/mol. The Kier molecular flexibility index (Phi) is 3.67. The highest BCUT2D eigenvalue weighted by molar-refractivity contribution is 5.81. The first-order valence-corrected chi connectivity index (χ1v) is 6.95. The van der Waals surface area contributed by atoms with Crippen LogP contribution in [0, 0.1) is 0 Å². The molecular formula is C15H19N5. The molecule has 1 aliphatic rings. The van der Waals surface area contributed by atoms with Gasteiger partial charge in [-0.3, -0.25) is 4.99 Å². The highest BCUT2D eigenvalue weighted by Crippen LogP contribution is 2.08. The first-order valence-electron chi connectivity index (χ1n) is 6.95. The van der Waals surface area contributed by atoms with Crippen LogP contribution >= 0.6 is 0 Å². The quantitative estimate of drug-likeness (QED) is 0.881. The Morgan fingerprint density at radius 2 is 2.20 bits per heavy atom. The number of benzene rings is 1. The van der Waals surface area contributed by atoms with E-state index in [1.165, 1.54) is 5.56 Å². The number of nitrogens with zero attached hydrogens (tertiary/aromatic N) is 3. The molecule has 0 spiro atoms. The molecule has 2 N–H and O–H groups in total. The summed E-state index contributed by atoms with van der Waals surface area (Å²) in [6, 6.07) is 10.8. The molecule has 5 nitrogen and oxygen atoms in total. The fourth-order valence-corrected chi connectivity index (χ4v) is 2.22. The van der Waals surface area contributed by atoms with Gasteiger partial charge in [-0.15, -0.1) is 0 Å². The van der Waals surface area contributed by atoms with Crippen LogP contribution < -0.4 is 10.6 Å². The van der Waals surface area contributed by atoms with Crippen LogP contribution in [0.1, 0.15) is 12.5 Å². The topological polar surface area (TPSA) is 54.2 Å². The third kappa shape index (κ3) is 2.99. The molecule has 104 valence electrons. The fourth-order valence-electron chi connectivity index (χ4n) is 2.22. The van der Waals surface area contributed by atoms with Gasteiger partial charge in [-0.1, -0.05) is 12.1 Å². The van der Waals surface area contributed by atoms with Crippen molar-refractivity contribution >= 4 is 5.96 Å². The summed E-state index contributed by atoms with van der Waals surface area (Å²) in [5, 5.41) is 10.8. The van der Waals surface area contributed by atoms with Crippen LogP contribution in [-0.4, -0.2) is 34.9 Å². The molecule has 20 heavy (non-hydrogen) atoms. The van der Waals surface area contributed by atoms with E-state index in [0.717, 1.165) is 31.2 Å². The summed E-state index contributed by atoms with van der Waals surface area (Å²) in [4.78, 5) is 4.38. The molecule has 0 fully saturated rings. The fraction of sp³-hybridized carbons (Fsp3) is 0.333. The minimum absolute atomic E-state index is 0.450. The number of aliphatic imine (C=N–C) groups is 1. The number of rotatable bonds is 4. The number of guanidine groups is 1. The van der Waals surface area contributed by atoms with Gasteiger partial charge in [-0.2, -0.15) is 5.10 Å². The van der Waals surface area contributed by atoms with Gasteiger partial charge in [0.15, 0.2) is 5.96 Å². The van der Waals surface area contributed by atoms with Crippen molar-refractivity contribution in [2.45, 2.75) is 19.4 Å². The zero-order chi connectivity index (χ0) is 13.8. The van der Waals surface area contributed by atoms with Crippen molar-refractivity contribution in [2.75, 3.05) is 13.1 Å². The van der Waals surface area contributed by atoms with E-state index in [-0.39, 0.29) is 0 Å². The summed E-state index contributed by atoms with van der Waals surface area (Å²) in [6.45, 7) is 3.88. The smallest absolute Gasteiger partial charge is 0.191 e. The zero-order valence-corrected chi connectivity index (χ0v) is 11.6. The highest BCUT2D eigenvalue weighted by Gasteiger charge is 2.10. The van der Waals surface area contributed by atoms with Crippen molar-refractivity contribution in [3.05, 3.63) is 48.3 Å². The molecule has 0 saturated heterocycles. The van der Waals surface area contributed by atoms with E-state index in [9.17, 15) is 0 Å². The molecular weight excluding hydrogens is 250 g/mol. The average Bonchev–Trinajstić information content (AvgIpc) is 3.11. The maximum atomic E-state index is 4.38. The standard InChI is InChI=1S/C15H19N5/c1-12-11-17-15(19-12)16-9-7-13-3-5-14(6-4-13)20-10-2-8-18-20/h2-6,8,10,12H,7,9,11H2,1H3,(H2,16,17,19). The van der Waals surface area contributed by atoms with E-state index >= 15 is 0 Å². The molecule has 1 aromatic heterocycles.